The van der Waals surface area contributed by atoms with Crippen LogP contribution in [0.2, 0.25) is 0 Å². The number of rotatable bonds is 5. The number of carbonyl (C=O) groups is 1. The van der Waals surface area contributed by atoms with Gasteiger partial charge in [0.25, 0.3) is 5.91 Å². The van der Waals surface area contributed by atoms with Gasteiger partial charge in [-0.2, -0.15) is 4.98 Å². The first-order valence-corrected chi connectivity index (χ1v) is 8.64. The lowest BCUT2D eigenvalue weighted by atomic mass is 10.1. The van der Waals surface area contributed by atoms with Crippen LogP contribution < -0.4 is 14.8 Å². The molecule has 1 saturated heterocycles. The van der Waals surface area contributed by atoms with E-state index in [1.54, 1.807) is 30.5 Å². The van der Waals surface area contributed by atoms with Gasteiger partial charge in [-0.3, -0.25) is 4.79 Å². The minimum absolute atomic E-state index is 0.286. The molecule has 1 atom stereocenters. The smallest absolute Gasteiger partial charge is 0.262 e. The largest absolute Gasteiger partial charge is 0.496 e. The molecule has 27 heavy (non-hydrogen) atoms. The highest BCUT2D eigenvalue weighted by Gasteiger charge is 2.22. The normalized spacial score (nSPS) is 16.4. The van der Waals surface area contributed by atoms with Crippen molar-refractivity contribution >= 4 is 17.4 Å². The third-order valence-corrected chi connectivity index (χ3v) is 4.56. The SMILES string of the molecule is COc1cccc(NC(=O)c2cn3cc(C4CCOC4)nc3cc2OC)n1. The molecule has 4 heterocycles. The van der Waals surface area contributed by atoms with Crippen molar-refractivity contribution in [3.8, 4) is 11.6 Å². The van der Waals surface area contributed by atoms with Crippen molar-refractivity contribution in [1.82, 2.24) is 14.4 Å². The van der Waals surface area contributed by atoms with Gasteiger partial charge in [0.2, 0.25) is 5.88 Å². The third kappa shape index (κ3) is 3.43. The van der Waals surface area contributed by atoms with Crippen molar-refractivity contribution in [3.63, 3.8) is 0 Å². The van der Waals surface area contributed by atoms with Crippen molar-refractivity contribution in [3.05, 3.63) is 47.9 Å². The van der Waals surface area contributed by atoms with Crippen molar-refractivity contribution in [2.45, 2.75) is 12.3 Å². The Morgan fingerprint density at radius 3 is 2.89 bits per heavy atom. The summed E-state index contributed by atoms with van der Waals surface area (Å²) in [5.41, 5.74) is 2.08. The van der Waals surface area contributed by atoms with Crippen LogP contribution >= 0.6 is 0 Å². The Morgan fingerprint density at radius 2 is 2.15 bits per heavy atom. The van der Waals surface area contributed by atoms with Crippen LogP contribution in [0.1, 0.15) is 28.4 Å². The summed E-state index contributed by atoms with van der Waals surface area (Å²) in [7, 11) is 3.05. The van der Waals surface area contributed by atoms with E-state index in [1.807, 2.05) is 10.6 Å². The number of aromatic nitrogens is 3. The van der Waals surface area contributed by atoms with E-state index < -0.39 is 0 Å². The Morgan fingerprint density at radius 1 is 1.26 bits per heavy atom. The van der Waals surface area contributed by atoms with Gasteiger partial charge >= 0.3 is 0 Å². The van der Waals surface area contributed by atoms with Gasteiger partial charge in [-0.1, -0.05) is 6.07 Å². The number of hydrogen-bond acceptors (Lipinski definition) is 6. The molecule has 1 amide bonds. The number of hydrogen-bond donors (Lipinski definition) is 1. The van der Waals surface area contributed by atoms with Crippen molar-refractivity contribution in [1.29, 1.82) is 0 Å². The molecule has 140 valence electrons. The van der Waals surface area contributed by atoms with Gasteiger partial charge in [-0.05, 0) is 12.5 Å². The topological polar surface area (TPSA) is 87.0 Å². The molecule has 1 aliphatic rings. The van der Waals surface area contributed by atoms with Crippen LogP contribution in [-0.2, 0) is 4.74 Å². The van der Waals surface area contributed by atoms with E-state index in [0.29, 0.717) is 29.6 Å². The van der Waals surface area contributed by atoms with Crippen molar-refractivity contribution < 1.29 is 19.0 Å². The van der Waals surface area contributed by atoms with Crippen LogP contribution in [0.3, 0.4) is 0 Å². The monoisotopic (exact) mass is 368 g/mol. The zero-order chi connectivity index (χ0) is 18.8. The maximum Gasteiger partial charge on any atom is 0.262 e. The second kappa shape index (κ2) is 7.24. The highest BCUT2D eigenvalue weighted by molar-refractivity contribution is 6.05. The molecular formula is C19H20N4O4. The standard InChI is InChI=1S/C19H20N4O4/c1-25-15-8-17-20-14(12-6-7-27-11-12)10-23(17)9-13(15)19(24)22-16-4-3-5-18(21-16)26-2/h3-5,8-10,12H,6-7,11H2,1-2H3,(H,21,22,24). The van der Waals surface area contributed by atoms with E-state index in [0.717, 1.165) is 24.4 Å². The van der Waals surface area contributed by atoms with Gasteiger partial charge in [0, 0.05) is 37.1 Å². The van der Waals surface area contributed by atoms with Gasteiger partial charge < -0.3 is 23.9 Å². The lowest BCUT2D eigenvalue weighted by molar-refractivity contribution is 0.102. The third-order valence-electron chi connectivity index (χ3n) is 4.56. The molecule has 8 nitrogen and oxygen atoms in total. The van der Waals surface area contributed by atoms with Gasteiger partial charge in [0.15, 0.2) is 0 Å². The number of fused-ring (bicyclic) bond motifs is 1. The summed E-state index contributed by atoms with van der Waals surface area (Å²) in [5.74, 6) is 1.23. The first-order chi connectivity index (χ1) is 13.2. The van der Waals surface area contributed by atoms with Gasteiger partial charge in [0.05, 0.1) is 32.1 Å². The fourth-order valence-corrected chi connectivity index (χ4v) is 3.12. The number of nitrogens with one attached hydrogen (secondary N) is 1. The molecule has 1 N–H and O–H groups in total. The van der Waals surface area contributed by atoms with Gasteiger partial charge in [-0.15, -0.1) is 0 Å². The van der Waals surface area contributed by atoms with Gasteiger partial charge in [-0.25, -0.2) is 4.98 Å². The average molecular weight is 368 g/mol. The maximum absolute atomic E-state index is 12.8. The lowest BCUT2D eigenvalue weighted by Gasteiger charge is -2.10. The molecule has 0 saturated carbocycles. The minimum Gasteiger partial charge on any atom is -0.496 e. The molecule has 3 aromatic rings. The highest BCUT2D eigenvalue weighted by Crippen LogP contribution is 2.27. The molecule has 3 aromatic heterocycles. The second-order valence-electron chi connectivity index (χ2n) is 6.27. The summed E-state index contributed by atoms with van der Waals surface area (Å²) in [6, 6.07) is 6.92. The van der Waals surface area contributed by atoms with E-state index >= 15 is 0 Å². The number of pyridine rings is 2. The Balaban J connectivity index is 1.65. The number of amides is 1. The van der Waals surface area contributed by atoms with Crippen molar-refractivity contribution in [2.24, 2.45) is 0 Å². The van der Waals surface area contributed by atoms with E-state index in [-0.39, 0.29) is 11.8 Å². The predicted molar refractivity (Wildman–Crippen MR) is 98.7 cm³/mol. The molecule has 0 aliphatic carbocycles. The summed E-state index contributed by atoms with van der Waals surface area (Å²) in [6.07, 6.45) is 4.61. The Hall–Kier alpha value is -3.13. The van der Waals surface area contributed by atoms with E-state index in [2.05, 4.69) is 15.3 Å². The first-order valence-electron chi connectivity index (χ1n) is 8.64. The van der Waals surface area contributed by atoms with E-state index in [4.69, 9.17) is 14.2 Å². The van der Waals surface area contributed by atoms with E-state index in [1.165, 1.54) is 14.2 Å². The molecule has 8 heteroatoms. The fourth-order valence-electron chi connectivity index (χ4n) is 3.12. The van der Waals surface area contributed by atoms with Gasteiger partial charge in [0.1, 0.15) is 17.2 Å². The molecule has 4 rings (SSSR count). The van der Waals surface area contributed by atoms with Crippen LogP contribution in [-0.4, -0.2) is 47.7 Å². The molecule has 1 fully saturated rings. The Kier molecular flexibility index (Phi) is 4.64. The molecule has 0 bridgehead atoms. The van der Waals surface area contributed by atoms with Crippen LogP contribution in [0.5, 0.6) is 11.6 Å². The first kappa shape index (κ1) is 17.3. The number of imidazole rings is 1. The maximum atomic E-state index is 12.8. The predicted octanol–water partition coefficient (Wildman–Crippen LogP) is 2.50. The number of carbonyl (C=O) groups excluding carboxylic acids is 1. The molecular weight excluding hydrogens is 348 g/mol. The van der Waals surface area contributed by atoms with Crippen LogP contribution in [0.4, 0.5) is 5.82 Å². The van der Waals surface area contributed by atoms with E-state index in [9.17, 15) is 4.79 Å². The second-order valence-corrected chi connectivity index (χ2v) is 6.27. The van der Waals surface area contributed by atoms with Crippen molar-refractivity contribution in [2.75, 3.05) is 32.8 Å². The van der Waals surface area contributed by atoms with Crippen LogP contribution in [0.15, 0.2) is 36.7 Å². The fraction of sp³-hybridized carbons (Fsp3) is 0.316. The Labute approximate surface area is 156 Å². The molecule has 0 radical (unpaired) electrons. The molecule has 0 aromatic carbocycles. The molecule has 0 spiro atoms. The minimum atomic E-state index is -0.325. The summed E-state index contributed by atoms with van der Waals surface area (Å²) < 4.78 is 17.8. The van der Waals surface area contributed by atoms with Crippen LogP contribution in [0, 0.1) is 0 Å². The van der Waals surface area contributed by atoms with Crippen LogP contribution in [0.25, 0.3) is 5.65 Å². The summed E-state index contributed by atoms with van der Waals surface area (Å²) in [6.45, 7) is 1.43. The molecule has 1 unspecified atom stereocenters. The average Bonchev–Trinajstić information content (AvgIpc) is 3.36. The number of ether oxygens (including phenoxy) is 3. The molecule has 1 aliphatic heterocycles. The number of anilines is 1. The summed E-state index contributed by atoms with van der Waals surface area (Å²) in [5, 5.41) is 2.77. The summed E-state index contributed by atoms with van der Waals surface area (Å²) >= 11 is 0. The zero-order valence-corrected chi connectivity index (χ0v) is 15.1. The Bertz CT molecular complexity index is 979. The summed E-state index contributed by atoms with van der Waals surface area (Å²) in [4.78, 5) is 21.6. The zero-order valence-electron chi connectivity index (χ0n) is 15.1. The lowest BCUT2D eigenvalue weighted by Crippen LogP contribution is -2.15. The number of methoxy groups -OCH3 is 2. The number of nitrogens with zero attached hydrogens (tertiary/aromatic N) is 3. The highest BCUT2D eigenvalue weighted by atomic mass is 16.5. The quantitative estimate of drug-likeness (QED) is 0.745.